The van der Waals surface area contributed by atoms with Gasteiger partial charge in [0.05, 0.1) is 22.5 Å². The fourth-order valence-corrected chi connectivity index (χ4v) is 7.90. The van der Waals surface area contributed by atoms with Crippen molar-refractivity contribution in [2.45, 2.75) is 5.41 Å². The number of nitrogens with zero attached hydrogens (tertiary/aromatic N) is 3. The Hall–Kier alpha value is -6.65. The third kappa shape index (κ3) is 4.22. The minimum Gasteiger partial charge on any atom is -0.457 e. The average Bonchev–Trinajstić information content (AvgIpc) is 3.49. The molecule has 1 aliphatic carbocycles. The summed E-state index contributed by atoms with van der Waals surface area (Å²) in [7, 11) is 0. The molecule has 0 saturated heterocycles. The number of rotatable bonds is 4. The van der Waals surface area contributed by atoms with Crippen LogP contribution in [0.25, 0.3) is 56.3 Å². The Morgan fingerprint density at radius 1 is 0.400 bits per heavy atom. The summed E-state index contributed by atoms with van der Waals surface area (Å²) in [5, 5.41) is 0. The van der Waals surface area contributed by atoms with Crippen LogP contribution >= 0.6 is 0 Å². The molecular weight excluding hydrogens is 611 g/mol. The van der Waals surface area contributed by atoms with Crippen LogP contribution in [0, 0.1) is 0 Å². The van der Waals surface area contributed by atoms with Crippen molar-refractivity contribution in [3.8, 4) is 67.8 Å². The fraction of sp³-hybridized carbons (Fsp3) is 0.0217. The van der Waals surface area contributed by atoms with Crippen LogP contribution in [-0.2, 0) is 5.41 Å². The minimum absolute atomic E-state index is 0.563. The second-order valence-electron chi connectivity index (χ2n) is 12.7. The number of ether oxygens (including phenoxy) is 1. The number of hydrogen-bond donors (Lipinski definition) is 0. The summed E-state index contributed by atoms with van der Waals surface area (Å²) >= 11 is 0. The molecule has 0 unspecified atom stereocenters. The Kier molecular flexibility index (Phi) is 6.36. The first-order valence-corrected chi connectivity index (χ1v) is 16.9. The molecule has 2 aromatic heterocycles. The van der Waals surface area contributed by atoms with Crippen LogP contribution < -0.4 is 4.74 Å². The molecular formula is C46H29N3O. The maximum Gasteiger partial charge on any atom is 0.162 e. The summed E-state index contributed by atoms with van der Waals surface area (Å²) in [6.07, 6.45) is 1.85. The maximum atomic E-state index is 6.68. The van der Waals surface area contributed by atoms with Gasteiger partial charge in [0.25, 0.3) is 0 Å². The van der Waals surface area contributed by atoms with Crippen molar-refractivity contribution in [3.05, 3.63) is 198 Å². The largest absolute Gasteiger partial charge is 0.457 e. The summed E-state index contributed by atoms with van der Waals surface area (Å²) in [6.45, 7) is 0. The molecule has 0 N–H and O–H groups in total. The Morgan fingerprint density at radius 2 is 0.940 bits per heavy atom. The van der Waals surface area contributed by atoms with Crippen LogP contribution in [0.2, 0.25) is 0 Å². The third-order valence-electron chi connectivity index (χ3n) is 10.0. The average molecular weight is 640 g/mol. The molecule has 0 radical (unpaired) electrons. The smallest absolute Gasteiger partial charge is 0.162 e. The number of aromatic nitrogens is 3. The van der Waals surface area contributed by atoms with E-state index in [0.29, 0.717) is 5.82 Å². The number of pyridine rings is 1. The van der Waals surface area contributed by atoms with Gasteiger partial charge in [-0.15, -0.1) is 0 Å². The van der Waals surface area contributed by atoms with Crippen LogP contribution in [0.3, 0.4) is 0 Å². The van der Waals surface area contributed by atoms with Crippen molar-refractivity contribution in [2.24, 2.45) is 0 Å². The number of para-hydroxylation sites is 1. The topological polar surface area (TPSA) is 47.9 Å². The van der Waals surface area contributed by atoms with Gasteiger partial charge in [-0.3, -0.25) is 4.98 Å². The number of fused-ring (bicyclic) bond motifs is 9. The normalized spacial score (nSPS) is 13.1. The molecule has 234 valence electrons. The molecule has 6 aromatic carbocycles. The first kappa shape index (κ1) is 28.4. The lowest BCUT2D eigenvalue weighted by Gasteiger charge is -2.39. The Morgan fingerprint density at radius 3 is 1.60 bits per heavy atom. The Bertz CT molecular complexity index is 2480. The highest BCUT2D eigenvalue weighted by Crippen LogP contribution is 2.62. The zero-order valence-corrected chi connectivity index (χ0v) is 27.0. The van der Waals surface area contributed by atoms with Gasteiger partial charge in [0.15, 0.2) is 5.82 Å². The van der Waals surface area contributed by atoms with E-state index in [1.807, 2.05) is 54.7 Å². The van der Waals surface area contributed by atoms with Crippen molar-refractivity contribution in [1.82, 2.24) is 15.0 Å². The lowest BCUT2D eigenvalue weighted by molar-refractivity contribution is 0.436. The highest BCUT2D eigenvalue weighted by atomic mass is 16.5. The molecule has 10 rings (SSSR count). The van der Waals surface area contributed by atoms with Crippen LogP contribution in [0.5, 0.6) is 11.5 Å². The predicted octanol–water partition coefficient (Wildman–Crippen LogP) is 11.0. The van der Waals surface area contributed by atoms with Gasteiger partial charge in [-0.05, 0) is 64.7 Å². The molecule has 0 saturated carbocycles. The zero-order chi connectivity index (χ0) is 33.1. The Labute approximate surface area is 290 Å². The van der Waals surface area contributed by atoms with Gasteiger partial charge < -0.3 is 4.74 Å². The van der Waals surface area contributed by atoms with Crippen molar-refractivity contribution in [3.63, 3.8) is 0 Å². The summed E-state index contributed by atoms with van der Waals surface area (Å²) in [6, 6.07) is 59.1. The molecule has 0 amide bonds. The van der Waals surface area contributed by atoms with E-state index >= 15 is 0 Å². The summed E-state index contributed by atoms with van der Waals surface area (Å²) in [5.41, 5.74) is 13.1. The quantitative estimate of drug-likeness (QED) is 0.192. The molecule has 2 aliphatic rings. The molecule has 1 aliphatic heterocycles. The van der Waals surface area contributed by atoms with Crippen molar-refractivity contribution >= 4 is 0 Å². The van der Waals surface area contributed by atoms with Crippen molar-refractivity contribution in [2.75, 3.05) is 0 Å². The standard InChI is InChI=1S/C46H29N3O/c1-3-14-30(15-4-1)40-29-41(31-16-5-2-6-17-31)49-45(48-40)35-20-13-27-47-44(35)32-25-26-43-39(28-32)46(38-23-11-12-24-42(38)50-43)36-21-9-7-18-33(36)34-19-8-10-22-37(34)46/h1-29H. The van der Waals surface area contributed by atoms with E-state index < -0.39 is 5.41 Å². The van der Waals surface area contributed by atoms with Gasteiger partial charge in [-0.25, -0.2) is 9.97 Å². The lowest BCUT2D eigenvalue weighted by atomic mass is 9.66. The fourth-order valence-electron chi connectivity index (χ4n) is 7.90. The van der Waals surface area contributed by atoms with Crippen LogP contribution in [0.1, 0.15) is 22.3 Å². The van der Waals surface area contributed by atoms with Crippen molar-refractivity contribution in [1.29, 1.82) is 0 Å². The molecule has 1 spiro atoms. The van der Waals surface area contributed by atoms with Gasteiger partial charge in [0, 0.05) is 39.6 Å². The Balaban J connectivity index is 1.21. The molecule has 8 aromatic rings. The summed E-state index contributed by atoms with van der Waals surface area (Å²) in [4.78, 5) is 15.3. The first-order chi connectivity index (χ1) is 24.8. The predicted molar refractivity (Wildman–Crippen MR) is 199 cm³/mol. The highest BCUT2D eigenvalue weighted by molar-refractivity contribution is 5.90. The van der Waals surface area contributed by atoms with Gasteiger partial charge in [-0.1, -0.05) is 127 Å². The van der Waals surface area contributed by atoms with E-state index in [-0.39, 0.29) is 0 Å². The van der Waals surface area contributed by atoms with Crippen LogP contribution in [-0.4, -0.2) is 15.0 Å². The second kappa shape index (κ2) is 11.2. The van der Waals surface area contributed by atoms with Gasteiger partial charge >= 0.3 is 0 Å². The molecule has 4 nitrogen and oxygen atoms in total. The molecule has 0 fully saturated rings. The molecule has 50 heavy (non-hydrogen) atoms. The maximum absolute atomic E-state index is 6.68. The van der Waals surface area contributed by atoms with Crippen molar-refractivity contribution < 1.29 is 4.74 Å². The molecule has 0 bridgehead atoms. The van der Waals surface area contributed by atoms with Crippen LogP contribution in [0.4, 0.5) is 0 Å². The minimum atomic E-state index is -0.563. The van der Waals surface area contributed by atoms with Gasteiger partial charge in [0.2, 0.25) is 0 Å². The molecule has 3 heterocycles. The van der Waals surface area contributed by atoms with Crippen LogP contribution in [0.15, 0.2) is 176 Å². The third-order valence-corrected chi connectivity index (χ3v) is 10.0. The van der Waals surface area contributed by atoms with Gasteiger partial charge in [0.1, 0.15) is 11.5 Å². The highest BCUT2D eigenvalue weighted by Gasteiger charge is 2.51. The number of hydrogen-bond acceptors (Lipinski definition) is 4. The zero-order valence-electron chi connectivity index (χ0n) is 27.0. The number of benzene rings is 6. The second-order valence-corrected chi connectivity index (χ2v) is 12.7. The SMILES string of the molecule is c1ccc(-c2cc(-c3ccccc3)nc(-c3cccnc3-c3ccc4c(c3)C3(c5ccccc5O4)c4ccccc4-c4ccccc43)n2)cc1. The first-order valence-electron chi connectivity index (χ1n) is 16.9. The van der Waals surface area contributed by atoms with E-state index in [4.69, 9.17) is 19.7 Å². The summed E-state index contributed by atoms with van der Waals surface area (Å²) in [5.74, 6) is 2.33. The van der Waals surface area contributed by atoms with Gasteiger partial charge in [-0.2, -0.15) is 0 Å². The molecule has 4 heteroatoms. The van der Waals surface area contributed by atoms with E-state index in [2.05, 4.69) is 121 Å². The molecule has 0 atom stereocenters. The van der Waals surface area contributed by atoms with E-state index in [1.54, 1.807) is 0 Å². The summed E-state index contributed by atoms with van der Waals surface area (Å²) < 4.78 is 6.68. The van der Waals surface area contributed by atoms with E-state index in [1.165, 1.54) is 22.3 Å². The van der Waals surface area contributed by atoms with E-state index in [0.717, 1.165) is 62.0 Å². The lowest BCUT2D eigenvalue weighted by Crippen LogP contribution is -2.32. The van der Waals surface area contributed by atoms with E-state index in [9.17, 15) is 0 Å². The monoisotopic (exact) mass is 639 g/mol.